The number of likely N-dealkylation sites (tertiary alicyclic amines) is 1. The fourth-order valence-corrected chi connectivity index (χ4v) is 2.33. The van der Waals surface area contributed by atoms with Crippen LogP contribution in [0.2, 0.25) is 5.02 Å². The number of ether oxygens (including phenoxy) is 2. The van der Waals surface area contributed by atoms with Gasteiger partial charge >= 0.3 is 6.09 Å². The van der Waals surface area contributed by atoms with Crippen molar-refractivity contribution in [1.82, 2.24) is 10.2 Å². The molecule has 6 nitrogen and oxygen atoms in total. The number of hydrogen-bond acceptors (Lipinski definition) is 4. The molecule has 2 amide bonds. The van der Waals surface area contributed by atoms with Gasteiger partial charge in [0.05, 0.1) is 6.61 Å². The summed E-state index contributed by atoms with van der Waals surface area (Å²) in [4.78, 5) is 25.3. The molecule has 1 saturated heterocycles. The van der Waals surface area contributed by atoms with Gasteiger partial charge in [0.15, 0.2) is 6.61 Å². The van der Waals surface area contributed by atoms with E-state index in [-0.39, 0.29) is 29.9 Å². The van der Waals surface area contributed by atoms with Gasteiger partial charge in [0.2, 0.25) is 0 Å². The van der Waals surface area contributed by atoms with Gasteiger partial charge in [0.1, 0.15) is 5.75 Å². The first kappa shape index (κ1) is 19.4. The monoisotopic (exact) mass is 368 g/mol. The van der Waals surface area contributed by atoms with E-state index < -0.39 is 0 Å². The van der Waals surface area contributed by atoms with Gasteiger partial charge in [-0.05, 0) is 29.7 Å². The SMILES string of the molecule is CC(C)(C)COC(=O)N1CC(CNC(=O)COc2ccc(Cl)cc2)C1. The zero-order chi connectivity index (χ0) is 18.4. The van der Waals surface area contributed by atoms with E-state index in [2.05, 4.69) is 5.32 Å². The second-order valence-corrected chi connectivity index (χ2v) is 7.87. The minimum atomic E-state index is -0.288. The summed E-state index contributed by atoms with van der Waals surface area (Å²) in [7, 11) is 0. The number of benzene rings is 1. The first-order chi connectivity index (χ1) is 11.7. The average molecular weight is 369 g/mol. The number of carbonyl (C=O) groups excluding carboxylic acids is 2. The summed E-state index contributed by atoms with van der Waals surface area (Å²) >= 11 is 5.79. The number of hydrogen-bond donors (Lipinski definition) is 1. The van der Waals surface area contributed by atoms with Gasteiger partial charge in [0, 0.05) is 30.6 Å². The maximum Gasteiger partial charge on any atom is 0.409 e. The summed E-state index contributed by atoms with van der Waals surface area (Å²) in [5.74, 6) is 0.654. The van der Waals surface area contributed by atoms with Crippen LogP contribution in [-0.4, -0.2) is 49.7 Å². The maximum atomic E-state index is 11.8. The molecule has 1 fully saturated rings. The lowest BCUT2D eigenvalue weighted by Gasteiger charge is -2.38. The van der Waals surface area contributed by atoms with Crippen LogP contribution in [-0.2, 0) is 9.53 Å². The van der Waals surface area contributed by atoms with E-state index in [1.807, 2.05) is 20.8 Å². The topological polar surface area (TPSA) is 67.9 Å². The molecule has 0 saturated carbocycles. The highest BCUT2D eigenvalue weighted by Crippen LogP contribution is 2.19. The molecular formula is C18H25ClN2O4. The highest BCUT2D eigenvalue weighted by atomic mass is 35.5. The normalized spacial score (nSPS) is 14.6. The third-order valence-electron chi connectivity index (χ3n) is 3.62. The summed E-state index contributed by atoms with van der Waals surface area (Å²) in [6.07, 6.45) is -0.288. The van der Waals surface area contributed by atoms with Crippen LogP contribution in [0.25, 0.3) is 0 Å². The zero-order valence-electron chi connectivity index (χ0n) is 14.9. The van der Waals surface area contributed by atoms with Crippen LogP contribution in [0.1, 0.15) is 20.8 Å². The number of carbonyl (C=O) groups is 2. The largest absolute Gasteiger partial charge is 0.484 e. The number of rotatable bonds is 6. The Morgan fingerprint density at radius 3 is 2.48 bits per heavy atom. The molecule has 1 aliphatic rings. The minimum Gasteiger partial charge on any atom is -0.484 e. The smallest absolute Gasteiger partial charge is 0.409 e. The molecule has 1 aromatic carbocycles. The number of amides is 2. The van der Waals surface area contributed by atoms with E-state index in [0.29, 0.717) is 37.0 Å². The number of halogens is 1. The Labute approximate surface area is 153 Å². The second kappa shape index (κ2) is 8.43. The molecule has 0 bridgehead atoms. The van der Waals surface area contributed by atoms with Crippen LogP contribution in [0.15, 0.2) is 24.3 Å². The van der Waals surface area contributed by atoms with Crippen molar-refractivity contribution in [2.45, 2.75) is 20.8 Å². The molecule has 1 aromatic rings. The van der Waals surface area contributed by atoms with Crippen LogP contribution < -0.4 is 10.1 Å². The third-order valence-corrected chi connectivity index (χ3v) is 3.87. The van der Waals surface area contributed by atoms with E-state index in [4.69, 9.17) is 21.1 Å². The molecule has 0 radical (unpaired) electrons. The molecular weight excluding hydrogens is 344 g/mol. The number of nitrogens with one attached hydrogen (secondary N) is 1. The Kier molecular flexibility index (Phi) is 6.53. The summed E-state index contributed by atoms with van der Waals surface area (Å²) in [5.41, 5.74) is -0.0437. The van der Waals surface area contributed by atoms with Crippen molar-refractivity contribution in [3.63, 3.8) is 0 Å². The predicted molar refractivity (Wildman–Crippen MR) is 95.8 cm³/mol. The molecule has 138 valence electrons. The Hall–Kier alpha value is -1.95. The van der Waals surface area contributed by atoms with Crippen molar-refractivity contribution in [2.75, 3.05) is 32.8 Å². The molecule has 7 heteroatoms. The maximum absolute atomic E-state index is 11.8. The number of nitrogens with zero attached hydrogens (tertiary/aromatic N) is 1. The van der Waals surface area contributed by atoms with Crippen LogP contribution in [0.5, 0.6) is 5.75 Å². The quantitative estimate of drug-likeness (QED) is 0.838. The first-order valence-electron chi connectivity index (χ1n) is 8.30. The lowest BCUT2D eigenvalue weighted by molar-refractivity contribution is -0.123. The van der Waals surface area contributed by atoms with E-state index in [9.17, 15) is 9.59 Å². The van der Waals surface area contributed by atoms with Gasteiger partial charge in [0.25, 0.3) is 5.91 Å². The molecule has 0 spiro atoms. The van der Waals surface area contributed by atoms with Crippen molar-refractivity contribution in [3.05, 3.63) is 29.3 Å². The van der Waals surface area contributed by atoms with Crippen LogP contribution in [0, 0.1) is 11.3 Å². The van der Waals surface area contributed by atoms with Gasteiger partial charge in [-0.3, -0.25) is 4.79 Å². The molecule has 0 atom stereocenters. The highest BCUT2D eigenvalue weighted by molar-refractivity contribution is 6.30. The summed E-state index contributed by atoms with van der Waals surface area (Å²) in [5, 5.41) is 3.43. The Morgan fingerprint density at radius 1 is 1.24 bits per heavy atom. The zero-order valence-corrected chi connectivity index (χ0v) is 15.6. The summed E-state index contributed by atoms with van der Waals surface area (Å²) in [6.45, 7) is 8.11. The second-order valence-electron chi connectivity index (χ2n) is 7.43. The summed E-state index contributed by atoms with van der Waals surface area (Å²) < 4.78 is 10.6. The van der Waals surface area contributed by atoms with Gasteiger partial charge in [-0.15, -0.1) is 0 Å². The Bertz CT molecular complexity index is 592. The Morgan fingerprint density at radius 2 is 1.88 bits per heavy atom. The molecule has 1 heterocycles. The predicted octanol–water partition coefficient (Wildman–Crippen LogP) is 2.95. The first-order valence-corrected chi connectivity index (χ1v) is 8.67. The fraction of sp³-hybridized carbons (Fsp3) is 0.556. The van der Waals surface area contributed by atoms with Gasteiger partial charge in [-0.1, -0.05) is 32.4 Å². The van der Waals surface area contributed by atoms with E-state index in [0.717, 1.165) is 0 Å². The van der Waals surface area contributed by atoms with Gasteiger partial charge < -0.3 is 19.7 Å². The van der Waals surface area contributed by atoms with Crippen LogP contribution in [0.3, 0.4) is 0 Å². The highest BCUT2D eigenvalue weighted by Gasteiger charge is 2.32. The molecule has 2 rings (SSSR count). The Balaban J connectivity index is 1.58. The van der Waals surface area contributed by atoms with Crippen molar-refractivity contribution in [3.8, 4) is 5.75 Å². The lowest BCUT2D eigenvalue weighted by atomic mass is 9.98. The van der Waals surface area contributed by atoms with E-state index in [1.165, 1.54) is 0 Å². The van der Waals surface area contributed by atoms with E-state index in [1.54, 1.807) is 29.2 Å². The molecule has 0 unspecified atom stereocenters. The third kappa shape index (κ3) is 6.82. The molecule has 0 aliphatic carbocycles. The molecule has 1 N–H and O–H groups in total. The van der Waals surface area contributed by atoms with Gasteiger partial charge in [-0.25, -0.2) is 4.79 Å². The molecule has 1 aliphatic heterocycles. The van der Waals surface area contributed by atoms with Gasteiger partial charge in [-0.2, -0.15) is 0 Å². The molecule has 25 heavy (non-hydrogen) atoms. The van der Waals surface area contributed by atoms with Crippen LogP contribution in [0.4, 0.5) is 4.79 Å². The van der Waals surface area contributed by atoms with Crippen LogP contribution >= 0.6 is 11.6 Å². The average Bonchev–Trinajstić information content (AvgIpc) is 2.50. The van der Waals surface area contributed by atoms with E-state index >= 15 is 0 Å². The summed E-state index contributed by atoms with van der Waals surface area (Å²) in [6, 6.07) is 6.83. The fourth-order valence-electron chi connectivity index (χ4n) is 2.21. The minimum absolute atomic E-state index is 0.0437. The van der Waals surface area contributed by atoms with Crippen molar-refractivity contribution in [1.29, 1.82) is 0 Å². The van der Waals surface area contributed by atoms with Crippen molar-refractivity contribution >= 4 is 23.6 Å². The van der Waals surface area contributed by atoms with Crippen molar-refractivity contribution < 1.29 is 19.1 Å². The van der Waals surface area contributed by atoms with Crippen molar-refractivity contribution in [2.24, 2.45) is 11.3 Å². The molecule has 0 aromatic heterocycles. The lowest BCUT2D eigenvalue weighted by Crippen LogP contribution is -2.54. The standard InChI is InChI=1S/C18H25ClN2O4/c1-18(2,3)12-25-17(23)21-9-13(10-21)8-20-16(22)11-24-15-6-4-14(19)5-7-15/h4-7,13H,8-12H2,1-3H3,(H,20,22).